The lowest BCUT2D eigenvalue weighted by Gasteiger charge is -2.07. The summed E-state index contributed by atoms with van der Waals surface area (Å²) in [6.07, 6.45) is 0. The molecule has 3 heteroatoms. The molecule has 0 N–H and O–H groups in total. The highest BCUT2D eigenvalue weighted by molar-refractivity contribution is 6.10. The first kappa shape index (κ1) is 13.1. The van der Waals surface area contributed by atoms with Gasteiger partial charge in [-0.3, -0.25) is 0 Å². The van der Waals surface area contributed by atoms with Crippen LogP contribution in [0, 0.1) is 22.7 Å². The van der Waals surface area contributed by atoms with Crippen molar-refractivity contribution in [2.45, 2.75) is 0 Å². The molecule has 1 heterocycles. The number of aromatic nitrogens is 1. The van der Waals surface area contributed by atoms with Gasteiger partial charge in [0, 0.05) is 16.5 Å². The van der Waals surface area contributed by atoms with Crippen molar-refractivity contribution < 1.29 is 0 Å². The van der Waals surface area contributed by atoms with Gasteiger partial charge in [-0.15, -0.1) is 0 Å². The van der Waals surface area contributed by atoms with Crippen LogP contribution in [0.1, 0.15) is 11.1 Å². The van der Waals surface area contributed by atoms with Gasteiger partial charge in [0.25, 0.3) is 0 Å². The van der Waals surface area contributed by atoms with Crippen LogP contribution in [0.2, 0.25) is 0 Å². The lowest BCUT2D eigenvalue weighted by atomic mass is 10.1. The summed E-state index contributed by atoms with van der Waals surface area (Å²) in [5.41, 5.74) is 4.35. The summed E-state index contributed by atoms with van der Waals surface area (Å²) in [5.74, 6) is 0. The summed E-state index contributed by atoms with van der Waals surface area (Å²) >= 11 is 0. The number of hydrogen-bond acceptors (Lipinski definition) is 2. The zero-order valence-corrected chi connectivity index (χ0v) is 12.2. The summed E-state index contributed by atoms with van der Waals surface area (Å²) in [6, 6.07) is 25.8. The fourth-order valence-electron chi connectivity index (χ4n) is 3.02. The minimum atomic E-state index is 0.618. The highest BCUT2D eigenvalue weighted by Gasteiger charge is 2.13. The largest absolute Gasteiger partial charge is 0.309 e. The molecule has 106 valence electrons. The zero-order chi connectivity index (χ0) is 15.8. The van der Waals surface area contributed by atoms with E-state index in [1.54, 1.807) is 0 Å². The average Bonchev–Trinajstić information content (AvgIpc) is 2.95. The van der Waals surface area contributed by atoms with Gasteiger partial charge in [0.2, 0.25) is 0 Å². The van der Waals surface area contributed by atoms with Crippen molar-refractivity contribution in [3.63, 3.8) is 0 Å². The topological polar surface area (TPSA) is 52.5 Å². The van der Waals surface area contributed by atoms with E-state index in [-0.39, 0.29) is 0 Å². The molecule has 0 fully saturated rings. The highest BCUT2D eigenvalue weighted by atomic mass is 15.0. The SMILES string of the molecule is N#Cc1ccc2c(c1)c1cc(C#N)ccc1n2-c1ccccc1. The second-order valence-electron chi connectivity index (χ2n) is 5.36. The monoisotopic (exact) mass is 293 g/mol. The number of hydrogen-bond donors (Lipinski definition) is 0. The number of fused-ring (bicyclic) bond motifs is 3. The normalized spacial score (nSPS) is 10.5. The van der Waals surface area contributed by atoms with Gasteiger partial charge in [-0.1, -0.05) is 18.2 Å². The Morgan fingerprint density at radius 1 is 0.652 bits per heavy atom. The van der Waals surface area contributed by atoms with Gasteiger partial charge in [-0.2, -0.15) is 10.5 Å². The fourth-order valence-corrected chi connectivity index (χ4v) is 3.02. The standard InChI is InChI=1S/C20H11N3/c21-12-14-6-8-19-17(10-14)18-11-15(13-22)7-9-20(18)23(19)16-4-2-1-3-5-16/h1-11H. The van der Waals surface area contributed by atoms with Crippen molar-refractivity contribution in [3.8, 4) is 17.8 Å². The Bertz CT molecular complexity index is 1050. The minimum Gasteiger partial charge on any atom is -0.309 e. The van der Waals surface area contributed by atoms with Gasteiger partial charge in [0.1, 0.15) is 0 Å². The molecule has 23 heavy (non-hydrogen) atoms. The fraction of sp³-hybridized carbons (Fsp3) is 0. The van der Waals surface area contributed by atoms with E-state index in [1.165, 1.54) is 0 Å². The molecule has 0 aliphatic rings. The Kier molecular flexibility index (Phi) is 2.86. The Balaban J connectivity index is 2.20. The maximum atomic E-state index is 9.18. The van der Waals surface area contributed by atoms with Crippen molar-refractivity contribution in [1.29, 1.82) is 10.5 Å². The molecule has 4 aromatic rings. The third-order valence-corrected chi connectivity index (χ3v) is 4.04. The van der Waals surface area contributed by atoms with Gasteiger partial charge in [-0.05, 0) is 48.5 Å². The van der Waals surface area contributed by atoms with Crippen molar-refractivity contribution in [2.24, 2.45) is 0 Å². The summed E-state index contributed by atoms with van der Waals surface area (Å²) in [7, 11) is 0. The third kappa shape index (κ3) is 1.96. The first-order valence-corrected chi connectivity index (χ1v) is 7.25. The highest BCUT2D eigenvalue weighted by Crippen LogP contribution is 2.33. The van der Waals surface area contributed by atoms with Crippen LogP contribution in [-0.4, -0.2) is 4.57 Å². The van der Waals surface area contributed by atoms with Gasteiger partial charge in [-0.25, -0.2) is 0 Å². The van der Waals surface area contributed by atoms with Crippen LogP contribution in [0.5, 0.6) is 0 Å². The molecule has 0 atom stereocenters. The van der Waals surface area contributed by atoms with Gasteiger partial charge >= 0.3 is 0 Å². The molecule has 3 aromatic carbocycles. The van der Waals surface area contributed by atoms with Crippen LogP contribution in [0.3, 0.4) is 0 Å². The van der Waals surface area contributed by atoms with E-state index in [1.807, 2.05) is 54.6 Å². The van der Waals surface area contributed by atoms with E-state index in [2.05, 4.69) is 28.8 Å². The van der Waals surface area contributed by atoms with E-state index in [0.29, 0.717) is 11.1 Å². The maximum Gasteiger partial charge on any atom is 0.0991 e. The molecule has 0 bridgehead atoms. The van der Waals surface area contributed by atoms with Crippen molar-refractivity contribution in [3.05, 3.63) is 77.9 Å². The molecule has 0 amide bonds. The molecule has 0 saturated carbocycles. The molecule has 0 unspecified atom stereocenters. The van der Waals surface area contributed by atoms with E-state index in [9.17, 15) is 10.5 Å². The average molecular weight is 293 g/mol. The lowest BCUT2D eigenvalue weighted by molar-refractivity contribution is 1.18. The van der Waals surface area contributed by atoms with Gasteiger partial charge in [0.05, 0.1) is 34.3 Å². The molecule has 0 aliphatic carbocycles. The van der Waals surface area contributed by atoms with Crippen molar-refractivity contribution >= 4 is 21.8 Å². The second-order valence-corrected chi connectivity index (χ2v) is 5.36. The summed E-state index contributed by atoms with van der Waals surface area (Å²) in [6.45, 7) is 0. The van der Waals surface area contributed by atoms with Crippen LogP contribution < -0.4 is 0 Å². The first-order chi connectivity index (χ1) is 11.3. The van der Waals surface area contributed by atoms with Gasteiger partial charge in [0.15, 0.2) is 0 Å². The quantitative estimate of drug-likeness (QED) is 0.518. The van der Waals surface area contributed by atoms with Crippen LogP contribution in [0.25, 0.3) is 27.5 Å². The molecular formula is C20H11N3. The number of nitriles is 2. The number of para-hydroxylation sites is 1. The van der Waals surface area contributed by atoms with Crippen LogP contribution >= 0.6 is 0 Å². The first-order valence-electron chi connectivity index (χ1n) is 7.25. The zero-order valence-electron chi connectivity index (χ0n) is 12.2. The number of benzene rings is 3. The summed E-state index contributed by atoms with van der Waals surface area (Å²) < 4.78 is 2.16. The van der Waals surface area contributed by atoms with Crippen LogP contribution in [0.4, 0.5) is 0 Å². The molecule has 0 radical (unpaired) electrons. The van der Waals surface area contributed by atoms with E-state index in [4.69, 9.17) is 0 Å². The van der Waals surface area contributed by atoms with Crippen LogP contribution in [0.15, 0.2) is 66.7 Å². The molecular weight excluding hydrogens is 282 g/mol. The van der Waals surface area contributed by atoms with Gasteiger partial charge < -0.3 is 4.57 Å². The Morgan fingerprint density at radius 2 is 1.17 bits per heavy atom. The molecule has 0 saturated heterocycles. The third-order valence-electron chi connectivity index (χ3n) is 4.04. The predicted molar refractivity (Wildman–Crippen MR) is 90.2 cm³/mol. The second kappa shape index (κ2) is 5.02. The Labute approximate surface area is 133 Å². The predicted octanol–water partition coefficient (Wildman–Crippen LogP) is 4.53. The van der Waals surface area contributed by atoms with Crippen molar-refractivity contribution in [2.75, 3.05) is 0 Å². The van der Waals surface area contributed by atoms with Crippen molar-refractivity contribution in [1.82, 2.24) is 4.57 Å². The smallest absolute Gasteiger partial charge is 0.0991 e. The van der Waals surface area contributed by atoms with E-state index in [0.717, 1.165) is 27.5 Å². The summed E-state index contributed by atoms with van der Waals surface area (Å²) in [5, 5.41) is 20.3. The minimum absolute atomic E-state index is 0.618. The van der Waals surface area contributed by atoms with E-state index >= 15 is 0 Å². The maximum absolute atomic E-state index is 9.18. The lowest BCUT2D eigenvalue weighted by Crippen LogP contribution is -1.93. The molecule has 0 aliphatic heterocycles. The Morgan fingerprint density at radius 3 is 1.65 bits per heavy atom. The Hall–Kier alpha value is -3.56. The molecule has 4 rings (SSSR count). The molecule has 1 aromatic heterocycles. The number of nitrogens with zero attached hydrogens (tertiary/aromatic N) is 3. The summed E-state index contributed by atoms with van der Waals surface area (Å²) in [4.78, 5) is 0. The van der Waals surface area contributed by atoms with Crippen LogP contribution in [-0.2, 0) is 0 Å². The molecule has 0 spiro atoms. The van der Waals surface area contributed by atoms with E-state index < -0.39 is 0 Å². The number of rotatable bonds is 1. The molecule has 3 nitrogen and oxygen atoms in total.